The maximum absolute atomic E-state index is 12.0. The third kappa shape index (κ3) is 4.21. The normalized spacial score (nSPS) is 12.3. The first-order valence-electron chi connectivity index (χ1n) is 6.05. The minimum Gasteiger partial charge on any atom is -0.480 e. The lowest BCUT2D eigenvalue weighted by atomic mass is 10.0. The third-order valence-corrected chi connectivity index (χ3v) is 2.88. The van der Waals surface area contributed by atoms with Crippen LogP contribution in [0.3, 0.4) is 0 Å². The number of nitrogens with zero attached hydrogens (tertiary/aromatic N) is 1. The molecule has 0 aliphatic heterocycles. The molecule has 2 N–H and O–H groups in total. The first-order valence-corrected chi connectivity index (χ1v) is 6.43. The van der Waals surface area contributed by atoms with E-state index < -0.39 is 17.9 Å². The maximum atomic E-state index is 12.0. The van der Waals surface area contributed by atoms with Crippen LogP contribution < -0.4 is 5.32 Å². The molecule has 1 heterocycles. The standard InChI is InChI=1S/C13H17ClN2O3/c1-4-9-5-8(6-10(14)15-9)12(17)16-11(7(2)3)13(18)19/h5-7,11H,4H2,1-3H3,(H,16,17)(H,18,19)/t11-/m0/s1. The number of carboxylic acids is 1. The number of amides is 1. The third-order valence-electron chi connectivity index (χ3n) is 2.69. The van der Waals surface area contributed by atoms with Crippen LogP contribution in [0.15, 0.2) is 12.1 Å². The highest BCUT2D eigenvalue weighted by molar-refractivity contribution is 6.29. The summed E-state index contributed by atoms with van der Waals surface area (Å²) in [6.07, 6.45) is 0.646. The van der Waals surface area contributed by atoms with Crippen LogP contribution in [-0.2, 0) is 11.2 Å². The minimum atomic E-state index is -1.06. The van der Waals surface area contributed by atoms with E-state index >= 15 is 0 Å². The Morgan fingerprint density at radius 3 is 2.53 bits per heavy atom. The highest BCUT2D eigenvalue weighted by atomic mass is 35.5. The Kier molecular flexibility index (Phi) is 5.30. The Hall–Kier alpha value is -1.62. The summed E-state index contributed by atoms with van der Waals surface area (Å²) in [5, 5.41) is 11.8. The molecule has 1 aromatic heterocycles. The van der Waals surface area contributed by atoms with Gasteiger partial charge in [0.2, 0.25) is 0 Å². The number of pyridine rings is 1. The van der Waals surface area contributed by atoms with Crippen molar-refractivity contribution in [2.75, 3.05) is 0 Å². The summed E-state index contributed by atoms with van der Waals surface area (Å²) < 4.78 is 0. The van der Waals surface area contributed by atoms with Gasteiger partial charge in [0.05, 0.1) is 0 Å². The van der Waals surface area contributed by atoms with Gasteiger partial charge in [-0.2, -0.15) is 0 Å². The minimum absolute atomic E-state index is 0.204. The van der Waals surface area contributed by atoms with Gasteiger partial charge < -0.3 is 10.4 Å². The van der Waals surface area contributed by atoms with E-state index in [1.165, 1.54) is 6.07 Å². The average molecular weight is 285 g/mol. The molecule has 104 valence electrons. The first kappa shape index (κ1) is 15.4. The number of hydrogen-bond donors (Lipinski definition) is 2. The van der Waals surface area contributed by atoms with Crippen molar-refractivity contribution in [1.82, 2.24) is 10.3 Å². The van der Waals surface area contributed by atoms with Crippen LogP contribution in [0.25, 0.3) is 0 Å². The monoisotopic (exact) mass is 284 g/mol. The van der Waals surface area contributed by atoms with E-state index in [0.717, 1.165) is 0 Å². The Bertz CT molecular complexity index is 489. The van der Waals surface area contributed by atoms with Gasteiger partial charge in [-0.05, 0) is 24.5 Å². The second-order valence-electron chi connectivity index (χ2n) is 4.56. The van der Waals surface area contributed by atoms with E-state index in [9.17, 15) is 9.59 Å². The van der Waals surface area contributed by atoms with Crippen molar-refractivity contribution in [1.29, 1.82) is 0 Å². The number of aromatic nitrogens is 1. The molecule has 19 heavy (non-hydrogen) atoms. The Balaban J connectivity index is 2.94. The van der Waals surface area contributed by atoms with Gasteiger partial charge in [0, 0.05) is 11.3 Å². The van der Waals surface area contributed by atoms with Gasteiger partial charge in [0.15, 0.2) is 0 Å². The molecule has 5 nitrogen and oxygen atoms in total. The Morgan fingerprint density at radius 1 is 1.42 bits per heavy atom. The molecule has 6 heteroatoms. The number of halogens is 1. The predicted octanol–water partition coefficient (Wildman–Crippen LogP) is 2.14. The molecule has 0 radical (unpaired) electrons. The molecule has 1 amide bonds. The van der Waals surface area contributed by atoms with Crippen molar-refractivity contribution < 1.29 is 14.7 Å². The number of rotatable bonds is 5. The number of aliphatic carboxylic acids is 1. The van der Waals surface area contributed by atoms with E-state index in [1.807, 2.05) is 6.92 Å². The van der Waals surface area contributed by atoms with Crippen molar-refractivity contribution >= 4 is 23.5 Å². The number of carboxylic acid groups (broad SMARTS) is 1. The highest BCUT2D eigenvalue weighted by Gasteiger charge is 2.24. The molecule has 1 atom stereocenters. The van der Waals surface area contributed by atoms with Gasteiger partial charge in [-0.3, -0.25) is 4.79 Å². The van der Waals surface area contributed by atoms with Crippen LogP contribution in [0.5, 0.6) is 0 Å². The molecule has 0 aliphatic rings. The van der Waals surface area contributed by atoms with Crippen molar-refractivity contribution in [3.63, 3.8) is 0 Å². The summed E-state index contributed by atoms with van der Waals surface area (Å²) in [7, 11) is 0. The summed E-state index contributed by atoms with van der Waals surface area (Å²) >= 11 is 5.83. The summed E-state index contributed by atoms with van der Waals surface area (Å²) in [6, 6.07) is 2.11. The molecule has 0 aromatic carbocycles. The van der Waals surface area contributed by atoms with E-state index in [4.69, 9.17) is 16.7 Å². The van der Waals surface area contributed by atoms with Crippen LogP contribution in [0.1, 0.15) is 36.8 Å². The van der Waals surface area contributed by atoms with Crippen LogP contribution in [-0.4, -0.2) is 28.0 Å². The molecule has 0 saturated carbocycles. The molecule has 0 bridgehead atoms. The smallest absolute Gasteiger partial charge is 0.326 e. The van der Waals surface area contributed by atoms with E-state index in [-0.39, 0.29) is 11.1 Å². The van der Waals surface area contributed by atoms with Gasteiger partial charge in [-0.25, -0.2) is 9.78 Å². The first-order chi connectivity index (χ1) is 8.85. The largest absolute Gasteiger partial charge is 0.480 e. The second-order valence-corrected chi connectivity index (χ2v) is 4.94. The molecule has 0 spiro atoms. The van der Waals surface area contributed by atoms with E-state index in [2.05, 4.69) is 10.3 Å². The zero-order chi connectivity index (χ0) is 14.6. The lowest BCUT2D eigenvalue weighted by Gasteiger charge is -2.18. The van der Waals surface area contributed by atoms with Crippen molar-refractivity contribution in [2.24, 2.45) is 5.92 Å². The summed E-state index contributed by atoms with van der Waals surface area (Å²) in [5.41, 5.74) is 1.01. The molecule has 0 unspecified atom stereocenters. The second kappa shape index (κ2) is 6.52. The predicted molar refractivity (Wildman–Crippen MR) is 72.4 cm³/mol. The molecule has 1 rings (SSSR count). The lowest BCUT2D eigenvalue weighted by Crippen LogP contribution is -2.44. The van der Waals surface area contributed by atoms with E-state index in [1.54, 1.807) is 19.9 Å². The van der Waals surface area contributed by atoms with Gasteiger partial charge in [0.1, 0.15) is 11.2 Å². The Labute approximate surface area is 117 Å². The quantitative estimate of drug-likeness (QED) is 0.812. The number of nitrogens with one attached hydrogen (secondary N) is 1. The number of carbonyl (C=O) groups is 2. The lowest BCUT2D eigenvalue weighted by molar-refractivity contribution is -0.140. The average Bonchev–Trinajstić information content (AvgIpc) is 2.33. The van der Waals surface area contributed by atoms with Crippen molar-refractivity contribution in [3.8, 4) is 0 Å². The fourth-order valence-corrected chi connectivity index (χ4v) is 1.83. The Morgan fingerprint density at radius 2 is 2.05 bits per heavy atom. The maximum Gasteiger partial charge on any atom is 0.326 e. The topological polar surface area (TPSA) is 79.3 Å². The zero-order valence-corrected chi connectivity index (χ0v) is 11.9. The van der Waals surface area contributed by atoms with Gasteiger partial charge in [-0.15, -0.1) is 0 Å². The number of aryl methyl sites for hydroxylation is 1. The molecule has 1 aromatic rings. The number of carbonyl (C=O) groups excluding carboxylic acids is 1. The molecule has 0 fully saturated rings. The van der Waals surface area contributed by atoms with Crippen molar-refractivity contribution in [2.45, 2.75) is 33.2 Å². The van der Waals surface area contributed by atoms with Crippen LogP contribution in [0, 0.1) is 5.92 Å². The molecular formula is C13H17ClN2O3. The fourth-order valence-electron chi connectivity index (χ4n) is 1.60. The summed E-state index contributed by atoms with van der Waals surface area (Å²) in [4.78, 5) is 27.1. The molecular weight excluding hydrogens is 268 g/mol. The van der Waals surface area contributed by atoms with Gasteiger partial charge in [-0.1, -0.05) is 32.4 Å². The summed E-state index contributed by atoms with van der Waals surface area (Å²) in [6.45, 7) is 5.36. The van der Waals surface area contributed by atoms with Gasteiger partial charge in [0.25, 0.3) is 5.91 Å². The van der Waals surface area contributed by atoms with Gasteiger partial charge >= 0.3 is 5.97 Å². The molecule has 0 saturated heterocycles. The van der Waals surface area contributed by atoms with Crippen LogP contribution in [0.2, 0.25) is 5.15 Å². The zero-order valence-electron chi connectivity index (χ0n) is 11.1. The van der Waals surface area contributed by atoms with Crippen LogP contribution >= 0.6 is 11.6 Å². The molecule has 0 aliphatic carbocycles. The SMILES string of the molecule is CCc1cc(C(=O)N[C@H](C(=O)O)C(C)C)cc(Cl)n1. The summed E-state index contributed by atoms with van der Waals surface area (Å²) in [5.74, 6) is -1.72. The van der Waals surface area contributed by atoms with E-state index in [0.29, 0.717) is 17.7 Å². The number of hydrogen-bond acceptors (Lipinski definition) is 3. The highest BCUT2D eigenvalue weighted by Crippen LogP contribution is 2.12. The van der Waals surface area contributed by atoms with Crippen LogP contribution in [0.4, 0.5) is 0 Å². The van der Waals surface area contributed by atoms with Crippen molar-refractivity contribution in [3.05, 3.63) is 28.5 Å². The fraction of sp³-hybridized carbons (Fsp3) is 0.462.